The quantitative estimate of drug-likeness (QED) is 0.734. The molecule has 1 nitrogen and oxygen atoms in total. The van der Waals surface area contributed by atoms with Gasteiger partial charge in [0.1, 0.15) is 0 Å². The maximum Gasteiger partial charge on any atom is 0.0114 e. The van der Waals surface area contributed by atoms with Gasteiger partial charge in [-0.25, -0.2) is 0 Å². The Morgan fingerprint density at radius 2 is 2.00 bits per heavy atom. The summed E-state index contributed by atoms with van der Waals surface area (Å²) in [7, 11) is 0. The molecule has 2 bridgehead atoms. The molecule has 74 valence electrons. The second-order valence-electron chi connectivity index (χ2n) is 5.21. The van der Waals surface area contributed by atoms with Crippen LogP contribution < -0.4 is 5.73 Å². The Morgan fingerprint density at radius 3 is 2.46 bits per heavy atom. The van der Waals surface area contributed by atoms with Gasteiger partial charge in [-0.05, 0) is 54.4 Å². The SMILES string of the molecule is NC(C1CSC1)C1CC2CCC1C2. The molecule has 2 N–H and O–H groups in total. The van der Waals surface area contributed by atoms with Crippen LogP contribution in [0.5, 0.6) is 0 Å². The van der Waals surface area contributed by atoms with Crippen molar-refractivity contribution >= 4 is 11.8 Å². The van der Waals surface area contributed by atoms with E-state index in [-0.39, 0.29) is 0 Å². The van der Waals surface area contributed by atoms with E-state index in [1.807, 2.05) is 0 Å². The van der Waals surface area contributed by atoms with Crippen LogP contribution in [0.2, 0.25) is 0 Å². The maximum atomic E-state index is 6.36. The third kappa shape index (κ3) is 1.33. The highest BCUT2D eigenvalue weighted by Gasteiger charge is 2.44. The molecule has 4 atom stereocenters. The molecular weight excluding hydrogens is 178 g/mol. The lowest BCUT2D eigenvalue weighted by molar-refractivity contribution is 0.241. The Kier molecular flexibility index (Phi) is 2.09. The van der Waals surface area contributed by atoms with Gasteiger partial charge in [0.05, 0.1) is 0 Å². The molecule has 2 aliphatic carbocycles. The van der Waals surface area contributed by atoms with Crippen molar-refractivity contribution in [2.45, 2.75) is 31.7 Å². The van der Waals surface area contributed by atoms with E-state index in [1.54, 1.807) is 0 Å². The van der Waals surface area contributed by atoms with E-state index in [0.717, 1.165) is 23.7 Å². The van der Waals surface area contributed by atoms with Crippen molar-refractivity contribution in [1.82, 2.24) is 0 Å². The van der Waals surface area contributed by atoms with E-state index in [1.165, 1.54) is 37.2 Å². The molecule has 3 fully saturated rings. The van der Waals surface area contributed by atoms with Crippen LogP contribution in [0.15, 0.2) is 0 Å². The topological polar surface area (TPSA) is 26.0 Å². The van der Waals surface area contributed by atoms with Gasteiger partial charge in [0, 0.05) is 6.04 Å². The Labute approximate surface area is 84.8 Å². The molecule has 1 saturated heterocycles. The van der Waals surface area contributed by atoms with Crippen LogP contribution in [-0.4, -0.2) is 17.5 Å². The summed E-state index contributed by atoms with van der Waals surface area (Å²) in [5.41, 5.74) is 6.36. The normalized spacial score (nSPS) is 46.4. The third-order valence-corrected chi connectivity index (χ3v) is 5.82. The zero-order valence-corrected chi connectivity index (χ0v) is 8.93. The Bertz CT molecular complexity index is 202. The molecule has 0 amide bonds. The van der Waals surface area contributed by atoms with Gasteiger partial charge < -0.3 is 5.73 Å². The van der Waals surface area contributed by atoms with Gasteiger partial charge in [0.2, 0.25) is 0 Å². The standard InChI is InChI=1S/C11H19NS/c12-11(9-5-13-6-9)10-4-7-1-2-8(10)3-7/h7-11H,1-6,12H2. The molecule has 3 rings (SSSR count). The van der Waals surface area contributed by atoms with Gasteiger partial charge in [-0.2, -0.15) is 11.8 Å². The minimum Gasteiger partial charge on any atom is -0.327 e. The van der Waals surface area contributed by atoms with Crippen molar-refractivity contribution in [3.63, 3.8) is 0 Å². The fourth-order valence-electron chi connectivity index (χ4n) is 3.59. The van der Waals surface area contributed by atoms with Gasteiger partial charge in [-0.1, -0.05) is 6.42 Å². The van der Waals surface area contributed by atoms with Crippen LogP contribution >= 0.6 is 11.8 Å². The predicted molar refractivity (Wildman–Crippen MR) is 57.7 cm³/mol. The molecule has 0 aromatic rings. The molecule has 13 heavy (non-hydrogen) atoms. The number of hydrogen-bond donors (Lipinski definition) is 1. The Hall–Kier alpha value is 0.310. The summed E-state index contributed by atoms with van der Waals surface area (Å²) < 4.78 is 0. The Morgan fingerprint density at radius 1 is 1.15 bits per heavy atom. The number of hydrogen-bond acceptors (Lipinski definition) is 2. The smallest absolute Gasteiger partial charge is 0.0114 e. The van der Waals surface area contributed by atoms with Crippen LogP contribution in [0.4, 0.5) is 0 Å². The molecule has 1 aliphatic heterocycles. The van der Waals surface area contributed by atoms with Crippen molar-refractivity contribution in [2.24, 2.45) is 29.4 Å². The lowest BCUT2D eigenvalue weighted by Gasteiger charge is -2.37. The first-order valence-corrected chi connectivity index (χ1v) is 6.83. The van der Waals surface area contributed by atoms with Crippen molar-refractivity contribution in [3.8, 4) is 0 Å². The van der Waals surface area contributed by atoms with Gasteiger partial charge in [-0.15, -0.1) is 0 Å². The van der Waals surface area contributed by atoms with Gasteiger partial charge >= 0.3 is 0 Å². The van der Waals surface area contributed by atoms with Gasteiger partial charge in [0.15, 0.2) is 0 Å². The van der Waals surface area contributed by atoms with Crippen LogP contribution in [0, 0.1) is 23.7 Å². The minimum absolute atomic E-state index is 0.552. The first-order chi connectivity index (χ1) is 6.34. The molecular formula is C11H19NS. The van der Waals surface area contributed by atoms with Crippen LogP contribution in [0.3, 0.4) is 0 Å². The maximum absolute atomic E-state index is 6.36. The molecule has 1 heterocycles. The minimum atomic E-state index is 0.552. The van der Waals surface area contributed by atoms with Gasteiger partial charge in [-0.3, -0.25) is 0 Å². The highest BCUT2D eigenvalue weighted by Crippen LogP contribution is 2.51. The summed E-state index contributed by atoms with van der Waals surface area (Å²) in [5.74, 6) is 6.54. The highest BCUT2D eigenvalue weighted by molar-refractivity contribution is 8.00. The fourth-order valence-corrected chi connectivity index (χ4v) is 4.54. The number of fused-ring (bicyclic) bond motifs is 2. The van der Waals surface area contributed by atoms with E-state index >= 15 is 0 Å². The second kappa shape index (κ2) is 3.16. The summed E-state index contributed by atoms with van der Waals surface area (Å²) in [6.45, 7) is 0. The largest absolute Gasteiger partial charge is 0.327 e. The predicted octanol–water partition coefficient (Wildman–Crippen LogP) is 2.11. The van der Waals surface area contributed by atoms with E-state index in [0.29, 0.717) is 6.04 Å². The third-order valence-electron chi connectivity index (χ3n) is 4.50. The van der Waals surface area contributed by atoms with Gasteiger partial charge in [0.25, 0.3) is 0 Å². The Balaban J connectivity index is 1.65. The van der Waals surface area contributed by atoms with Crippen LogP contribution in [0.1, 0.15) is 25.7 Å². The number of nitrogens with two attached hydrogens (primary N) is 1. The molecule has 0 radical (unpaired) electrons. The van der Waals surface area contributed by atoms with Crippen LogP contribution in [0.25, 0.3) is 0 Å². The molecule has 0 aromatic carbocycles. The first-order valence-electron chi connectivity index (χ1n) is 5.68. The zero-order chi connectivity index (χ0) is 8.84. The molecule has 2 heteroatoms. The molecule has 0 spiro atoms. The van der Waals surface area contributed by atoms with E-state index in [2.05, 4.69) is 11.8 Å². The average molecular weight is 197 g/mol. The van der Waals surface area contributed by atoms with Crippen LogP contribution in [-0.2, 0) is 0 Å². The average Bonchev–Trinajstić information content (AvgIpc) is 2.59. The lowest BCUT2D eigenvalue weighted by atomic mass is 9.79. The van der Waals surface area contributed by atoms with Crippen molar-refractivity contribution < 1.29 is 0 Å². The molecule has 4 unspecified atom stereocenters. The molecule has 3 aliphatic rings. The first kappa shape index (κ1) is 8.60. The molecule has 0 aromatic heterocycles. The number of rotatable bonds is 2. The summed E-state index contributed by atoms with van der Waals surface area (Å²) in [5, 5.41) is 0. The van der Waals surface area contributed by atoms with E-state index < -0.39 is 0 Å². The second-order valence-corrected chi connectivity index (χ2v) is 6.29. The lowest BCUT2D eigenvalue weighted by Crippen LogP contribution is -2.45. The fraction of sp³-hybridized carbons (Fsp3) is 1.00. The monoisotopic (exact) mass is 197 g/mol. The van der Waals surface area contributed by atoms with E-state index in [4.69, 9.17) is 5.73 Å². The van der Waals surface area contributed by atoms with Crippen molar-refractivity contribution in [3.05, 3.63) is 0 Å². The summed E-state index contributed by atoms with van der Waals surface area (Å²) >= 11 is 2.07. The molecule has 2 saturated carbocycles. The van der Waals surface area contributed by atoms with E-state index in [9.17, 15) is 0 Å². The number of thioether (sulfide) groups is 1. The summed E-state index contributed by atoms with van der Waals surface area (Å²) in [6.07, 6.45) is 5.97. The van der Waals surface area contributed by atoms with Crippen molar-refractivity contribution in [2.75, 3.05) is 11.5 Å². The summed E-state index contributed by atoms with van der Waals surface area (Å²) in [4.78, 5) is 0. The zero-order valence-electron chi connectivity index (χ0n) is 8.11. The summed E-state index contributed by atoms with van der Waals surface area (Å²) in [6, 6.07) is 0.552. The highest BCUT2D eigenvalue weighted by atomic mass is 32.2. The van der Waals surface area contributed by atoms with Crippen molar-refractivity contribution in [1.29, 1.82) is 0 Å².